The topological polar surface area (TPSA) is 41.5 Å². The fourth-order valence-electron chi connectivity index (χ4n) is 1.20. The highest BCUT2D eigenvalue weighted by molar-refractivity contribution is 8.15. The SMILES string of the molecule is CCCCC1SC(=NCC)NC1=O. The summed E-state index contributed by atoms with van der Waals surface area (Å²) in [6.07, 6.45) is 3.23. The fraction of sp³-hybridized carbons (Fsp3) is 0.778. The van der Waals surface area contributed by atoms with Crippen LogP contribution in [-0.4, -0.2) is 22.9 Å². The van der Waals surface area contributed by atoms with Gasteiger partial charge in [-0.2, -0.15) is 0 Å². The Balaban J connectivity index is 2.42. The third-order valence-electron chi connectivity index (χ3n) is 1.90. The molecule has 1 rings (SSSR count). The van der Waals surface area contributed by atoms with Crippen molar-refractivity contribution in [1.29, 1.82) is 0 Å². The quantitative estimate of drug-likeness (QED) is 0.751. The van der Waals surface area contributed by atoms with E-state index in [1.54, 1.807) is 11.8 Å². The van der Waals surface area contributed by atoms with Crippen LogP contribution in [0.1, 0.15) is 33.1 Å². The minimum atomic E-state index is 0.102. The maximum Gasteiger partial charge on any atom is 0.239 e. The molecule has 0 radical (unpaired) electrons. The molecule has 1 saturated heterocycles. The van der Waals surface area contributed by atoms with E-state index in [1.807, 2.05) is 6.92 Å². The lowest BCUT2D eigenvalue weighted by molar-refractivity contribution is -0.118. The van der Waals surface area contributed by atoms with Crippen molar-refractivity contribution < 1.29 is 4.79 Å². The standard InChI is InChI=1S/C9H16N2OS/c1-3-5-6-7-8(12)11-9(13-7)10-4-2/h7H,3-6H2,1-2H3,(H,10,11,12). The number of carbonyl (C=O) groups is 1. The number of thioether (sulfide) groups is 1. The van der Waals surface area contributed by atoms with Gasteiger partial charge in [-0.1, -0.05) is 31.5 Å². The highest BCUT2D eigenvalue weighted by Gasteiger charge is 2.28. The summed E-state index contributed by atoms with van der Waals surface area (Å²) in [7, 11) is 0. The van der Waals surface area contributed by atoms with E-state index in [0.717, 1.165) is 31.0 Å². The molecule has 0 aromatic carbocycles. The lowest BCUT2D eigenvalue weighted by Gasteiger charge is -2.01. The van der Waals surface area contributed by atoms with E-state index < -0.39 is 0 Å². The zero-order valence-corrected chi connectivity index (χ0v) is 8.99. The molecule has 1 N–H and O–H groups in total. The third-order valence-corrected chi connectivity index (χ3v) is 3.09. The number of carbonyl (C=O) groups excluding carboxylic acids is 1. The first kappa shape index (κ1) is 10.6. The van der Waals surface area contributed by atoms with Crippen LogP contribution in [0.5, 0.6) is 0 Å². The summed E-state index contributed by atoms with van der Waals surface area (Å²) < 4.78 is 0. The number of amidine groups is 1. The van der Waals surface area contributed by atoms with Crippen LogP contribution in [0.4, 0.5) is 0 Å². The molecule has 0 aliphatic carbocycles. The van der Waals surface area contributed by atoms with Gasteiger partial charge < -0.3 is 5.32 Å². The smallest absolute Gasteiger partial charge is 0.239 e. The van der Waals surface area contributed by atoms with E-state index in [1.165, 1.54) is 0 Å². The average molecular weight is 200 g/mol. The van der Waals surface area contributed by atoms with Crippen LogP contribution < -0.4 is 5.32 Å². The van der Waals surface area contributed by atoms with Gasteiger partial charge in [-0.25, -0.2) is 0 Å². The number of amides is 1. The normalized spacial score (nSPS) is 25.2. The molecule has 0 spiro atoms. The first-order chi connectivity index (χ1) is 6.27. The molecule has 0 aromatic rings. The predicted octanol–water partition coefficient (Wildman–Crippen LogP) is 1.78. The van der Waals surface area contributed by atoms with E-state index in [2.05, 4.69) is 17.2 Å². The van der Waals surface area contributed by atoms with Gasteiger partial charge >= 0.3 is 0 Å². The largest absolute Gasteiger partial charge is 0.304 e. The minimum Gasteiger partial charge on any atom is -0.304 e. The van der Waals surface area contributed by atoms with Gasteiger partial charge in [0.1, 0.15) is 0 Å². The Labute approximate surface area is 83.4 Å². The predicted molar refractivity (Wildman–Crippen MR) is 57.0 cm³/mol. The summed E-state index contributed by atoms with van der Waals surface area (Å²) in [5, 5.41) is 3.69. The fourth-order valence-corrected chi connectivity index (χ4v) is 2.29. The van der Waals surface area contributed by atoms with Crippen LogP contribution in [0.2, 0.25) is 0 Å². The minimum absolute atomic E-state index is 0.102. The lowest BCUT2D eigenvalue weighted by Crippen LogP contribution is -2.24. The summed E-state index contributed by atoms with van der Waals surface area (Å²) in [5.41, 5.74) is 0. The Kier molecular flexibility index (Phi) is 4.28. The number of rotatable bonds is 4. The van der Waals surface area contributed by atoms with Crippen molar-refractivity contribution in [3.63, 3.8) is 0 Å². The Hall–Kier alpha value is -0.510. The summed E-state index contributed by atoms with van der Waals surface area (Å²) in [6.45, 7) is 4.85. The molecule has 0 saturated carbocycles. The van der Waals surface area contributed by atoms with E-state index in [9.17, 15) is 4.79 Å². The summed E-state index contributed by atoms with van der Waals surface area (Å²) in [4.78, 5) is 15.5. The number of hydrogen-bond donors (Lipinski definition) is 1. The summed E-state index contributed by atoms with van der Waals surface area (Å²) in [5.74, 6) is 0.130. The molecule has 0 bridgehead atoms. The highest BCUT2D eigenvalue weighted by atomic mass is 32.2. The molecule has 0 aromatic heterocycles. The Morgan fingerprint density at radius 3 is 2.92 bits per heavy atom. The first-order valence-corrected chi connectivity index (χ1v) is 5.67. The van der Waals surface area contributed by atoms with Crippen molar-refractivity contribution >= 4 is 22.8 Å². The molecular formula is C9H16N2OS. The lowest BCUT2D eigenvalue weighted by atomic mass is 10.2. The van der Waals surface area contributed by atoms with Crippen LogP contribution in [0.25, 0.3) is 0 Å². The third kappa shape index (κ3) is 3.03. The molecule has 1 fully saturated rings. The van der Waals surface area contributed by atoms with Crippen molar-refractivity contribution in [3.05, 3.63) is 0 Å². The Morgan fingerprint density at radius 2 is 2.31 bits per heavy atom. The second-order valence-electron chi connectivity index (χ2n) is 3.02. The average Bonchev–Trinajstić information content (AvgIpc) is 2.44. The van der Waals surface area contributed by atoms with Crippen LogP contribution in [0.3, 0.4) is 0 Å². The monoisotopic (exact) mass is 200 g/mol. The molecule has 4 heteroatoms. The number of unbranched alkanes of at least 4 members (excludes halogenated alkanes) is 1. The van der Waals surface area contributed by atoms with Crippen LogP contribution in [0.15, 0.2) is 4.99 Å². The van der Waals surface area contributed by atoms with Gasteiger partial charge in [-0.15, -0.1) is 0 Å². The Morgan fingerprint density at radius 1 is 1.54 bits per heavy atom. The van der Waals surface area contributed by atoms with Gasteiger partial charge in [-0.3, -0.25) is 9.79 Å². The van der Waals surface area contributed by atoms with Crippen molar-refractivity contribution in [2.75, 3.05) is 6.54 Å². The van der Waals surface area contributed by atoms with E-state index >= 15 is 0 Å². The molecule has 3 nitrogen and oxygen atoms in total. The molecule has 1 aliphatic rings. The van der Waals surface area contributed by atoms with Crippen LogP contribution in [-0.2, 0) is 4.79 Å². The maximum absolute atomic E-state index is 11.4. The number of nitrogens with zero attached hydrogens (tertiary/aromatic N) is 1. The maximum atomic E-state index is 11.4. The molecule has 74 valence electrons. The zero-order chi connectivity index (χ0) is 9.68. The van der Waals surface area contributed by atoms with Gasteiger partial charge in [0.15, 0.2) is 5.17 Å². The van der Waals surface area contributed by atoms with Gasteiger partial charge in [0.25, 0.3) is 0 Å². The van der Waals surface area contributed by atoms with Gasteiger partial charge in [0, 0.05) is 6.54 Å². The molecule has 13 heavy (non-hydrogen) atoms. The van der Waals surface area contributed by atoms with Gasteiger partial charge in [0.2, 0.25) is 5.91 Å². The number of nitrogens with one attached hydrogen (secondary N) is 1. The second kappa shape index (κ2) is 5.27. The molecule has 1 aliphatic heterocycles. The number of hydrogen-bond acceptors (Lipinski definition) is 3. The van der Waals surface area contributed by atoms with E-state index in [4.69, 9.17) is 0 Å². The first-order valence-electron chi connectivity index (χ1n) is 4.79. The summed E-state index contributed by atoms with van der Waals surface area (Å²) in [6, 6.07) is 0. The van der Waals surface area contributed by atoms with Crippen molar-refractivity contribution in [2.45, 2.75) is 38.4 Å². The van der Waals surface area contributed by atoms with Gasteiger partial charge in [-0.05, 0) is 13.3 Å². The molecule has 1 heterocycles. The highest BCUT2D eigenvalue weighted by Crippen LogP contribution is 2.23. The van der Waals surface area contributed by atoms with E-state index in [0.29, 0.717) is 0 Å². The summed E-state index contributed by atoms with van der Waals surface area (Å²) >= 11 is 1.57. The molecule has 1 unspecified atom stereocenters. The van der Waals surface area contributed by atoms with Crippen molar-refractivity contribution in [2.24, 2.45) is 4.99 Å². The molecule has 1 amide bonds. The van der Waals surface area contributed by atoms with Crippen LogP contribution >= 0.6 is 11.8 Å². The Bertz CT molecular complexity index is 216. The van der Waals surface area contributed by atoms with Crippen LogP contribution in [0, 0.1) is 0 Å². The number of aliphatic imine (C=N–C) groups is 1. The van der Waals surface area contributed by atoms with Crippen molar-refractivity contribution in [1.82, 2.24) is 5.32 Å². The molecule has 1 atom stereocenters. The second-order valence-corrected chi connectivity index (χ2v) is 4.21. The van der Waals surface area contributed by atoms with E-state index in [-0.39, 0.29) is 11.2 Å². The van der Waals surface area contributed by atoms with Crippen molar-refractivity contribution in [3.8, 4) is 0 Å². The molecular weight excluding hydrogens is 184 g/mol. The van der Waals surface area contributed by atoms with Gasteiger partial charge in [0.05, 0.1) is 5.25 Å². The zero-order valence-electron chi connectivity index (χ0n) is 8.17.